The summed E-state index contributed by atoms with van der Waals surface area (Å²) in [5, 5.41) is 4.66. The molecule has 3 heteroatoms. The highest BCUT2D eigenvalue weighted by molar-refractivity contribution is 5.90. The fourth-order valence-corrected chi connectivity index (χ4v) is 3.81. The number of para-hydroxylation sites is 1. The van der Waals surface area contributed by atoms with Gasteiger partial charge in [-0.3, -0.25) is 9.78 Å². The first-order valence-electron chi connectivity index (χ1n) is 7.42. The minimum atomic E-state index is 0.223. The van der Waals surface area contributed by atoms with Gasteiger partial charge in [0.05, 0.1) is 5.52 Å². The highest BCUT2D eigenvalue weighted by atomic mass is 16.1. The van der Waals surface area contributed by atoms with Crippen molar-refractivity contribution >= 4 is 16.7 Å². The van der Waals surface area contributed by atoms with Crippen molar-refractivity contribution in [3.63, 3.8) is 0 Å². The molecule has 2 fully saturated rings. The number of aromatic nitrogens is 1. The summed E-state index contributed by atoms with van der Waals surface area (Å²) in [5.41, 5.74) is 2.09. The van der Waals surface area contributed by atoms with Crippen LogP contribution in [0.3, 0.4) is 0 Å². The zero-order chi connectivity index (χ0) is 13.5. The molecule has 0 spiro atoms. The van der Waals surface area contributed by atoms with Crippen LogP contribution in [0.25, 0.3) is 10.9 Å². The summed E-state index contributed by atoms with van der Waals surface area (Å²) < 4.78 is 0. The second-order valence-electron chi connectivity index (χ2n) is 6.02. The molecule has 3 nitrogen and oxygen atoms in total. The van der Waals surface area contributed by atoms with Crippen molar-refractivity contribution in [2.75, 3.05) is 0 Å². The lowest BCUT2D eigenvalue weighted by molar-refractivity contribution is -0.122. The first-order chi connectivity index (χ1) is 9.81. The van der Waals surface area contributed by atoms with Gasteiger partial charge in [0.2, 0.25) is 0 Å². The number of hydrogen-bond donors (Lipinski definition) is 1. The van der Waals surface area contributed by atoms with Crippen LogP contribution in [-0.2, 0) is 11.2 Å². The molecule has 1 aromatic heterocycles. The van der Waals surface area contributed by atoms with Crippen LogP contribution in [0.4, 0.5) is 0 Å². The van der Waals surface area contributed by atoms with Crippen LogP contribution >= 0.6 is 0 Å². The van der Waals surface area contributed by atoms with E-state index in [1.165, 1.54) is 6.42 Å². The van der Waals surface area contributed by atoms with Gasteiger partial charge in [-0.2, -0.15) is 0 Å². The van der Waals surface area contributed by atoms with Crippen LogP contribution < -0.4 is 5.32 Å². The van der Waals surface area contributed by atoms with Crippen LogP contribution in [0.2, 0.25) is 0 Å². The Morgan fingerprint density at radius 3 is 2.95 bits per heavy atom. The third kappa shape index (κ3) is 1.93. The van der Waals surface area contributed by atoms with Crippen molar-refractivity contribution in [1.29, 1.82) is 0 Å². The number of pyridine rings is 1. The fourth-order valence-electron chi connectivity index (χ4n) is 3.81. The number of ketones is 1. The van der Waals surface area contributed by atoms with Gasteiger partial charge in [0, 0.05) is 36.0 Å². The molecule has 2 saturated heterocycles. The van der Waals surface area contributed by atoms with E-state index in [2.05, 4.69) is 16.4 Å². The standard InChI is InChI=1S/C17H18N2O/c20-17(14-10-12-5-6-16(14)19-12)9-11-7-8-18-15-4-2-1-3-13(11)15/h1-4,7-8,12,14,16,19H,5-6,9-10H2. The predicted molar refractivity (Wildman–Crippen MR) is 78.5 cm³/mol. The lowest BCUT2D eigenvalue weighted by Crippen LogP contribution is -2.29. The summed E-state index contributed by atoms with van der Waals surface area (Å²) in [6, 6.07) is 11.1. The molecule has 0 saturated carbocycles. The van der Waals surface area contributed by atoms with Gasteiger partial charge in [-0.1, -0.05) is 18.2 Å². The number of rotatable bonds is 3. The first-order valence-corrected chi connectivity index (χ1v) is 7.42. The second-order valence-corrected chi connectivity index (χ2v) is 6.02. The van der Waals surface area contributed by atoms with Crippen molar-refractivity contribution in [3.8, 4) is 0 Å². The van der Waals surface area contributed by atoms with Crippen LogP contribution in [0, 0.1) is 5.92 Å². The Morgan fingerprint density at radius 2 is 2.15 bits per heavy atom. The van der Waals surface area contributed by atoms with E-state index in [1.807, 2.05) is 30.5 Å². The van der Waals surface area contributed by atoms with E-state index >= 15 is 0 Å². The Balaban J connectivity index is 1.60. The smallest absolute Gasteiger partial charge is 0.141 e. The number of nitrogens with one attached hydrogen (secondary N) is 1. The average molecular weight is 266 g/mol. The number of benzene rings is 1. The second kappa shape index (κ2) is 4.67. The minimum absolute atomic E-state index is 0.223. The number of nitrogens with zero attached hydrogens (tertiary/aromatic N) is 1. The van der Waals surface area contributed by atoms with Crippen LogP contribution in [0.1, 0.15) is 24.8 Å². The molecule has 0 amide bonds. The lowest BCUT2D eigenvalue weighted by atomic mass is 9.84. The van der Waals surface area contributed by atoms with Gasteiger partial charge in [0.1, 0.15) is 5.78 Å². The van der Waals surface area contributed by atoms with Gasteiger partial charge in [-0.05, 0) is 37.0 Å². The molecule has 0 radical (unpaired) electrons. The maximum atomic E-state index is 12.6. The lowest BCUT2D eigenvalue weighted by Gasteiger charge is -2.19. The van der Waals surface area contributed by atoms with Gasteiger partial charge >= 0.3 is 0 Å². The monoisotopic (exact) mass is 266 g/mol. The number of carbonyl (C=O) groups excluding carboxylic acids is 1. The summed E-state index contributed by atoms with van der Waals surface area (Å²) in [5.74, 6) is 0.613. The van der Waals surface area contributed by atoms with Crippen molar-refractivity contribution in [3.05, 3.63) is 42.1 Å². The van der Waals surface area contributed by atoms with Crippen LogP contribution in [0.15, 0.2) is 36.5 Å². The Kier molecular flexibility index (Phi) is 2.81. The molecule has 4 rings (SSSR count). The largest absolute Gasteiger partial charge is 0.310 e. The van der Waals surface area contributed by atoms with Crippen LogP contribution in [0.5, 0.6) is 0 Å². The van der Waals surface area contributed by atoms with Crippen molar-refractivity contribution in [2.24, 2.45) is 5.92 Å². The van der Waals surface area contributed by atoms with Crippen LogP contribution in [-0.4, -0.2) is 22.9 Å². The predicted octanol–water partition coefficient (Wildman–Crippen LogP) is 2.49. The molecule has 1 N–H and O–H groups in total. The maximum Gasteiger partial charge on any atom is 0.141 e. The molecule has 0 aliphatic carbocycles. The molecule has 3 atom stereocenters. The van der Waals surface area contributed by atoms with E-state index in [0.717, 1.165) is 29.3 Å². The molecule has 102 valence electrons. The topological polar surface area (TPSA) is 42.0 Å². The molecular weight excluding hydrogens is 248 g/mol. The van der Waals surface area contributed by atoms with E-state index in [-0.39, 0.29) is 5.92 Å². The minimum Gasteiger partial charge on any atom is -0.310 e. The SMILES string of the molecule is O=C(Cc1ccnc2ccccc12)C1CC2CCC1N2. The highest BCUT2D eigenvalue weighted by Gasteiger charge is 2.42. The van der Waals surface area contributed by atoms with Gasteiger partial charge in [0.15, 0.2) is 0 Å². The maximum absolute atomic E-state index is 12.6. The number of hydrogen-bond acceptors (Lipinski definition) is 3. The average Bonchev–Trinajstić information content (AvgIpc) is 3.10. The Labute approximate surface area is 118 Å². The normalized spacial score (nSPS) is 28.1. The number of carbonyl (C=O) groups is 1. The Hall–Kier alpha value is -1.74. The zero-order valence-corrected chi connectivity index (χ0v) is 11.4. The van der Waals surface area contributed by atoms with E-state index in [0.29, 0.717) is 24.3 Å². The van der Waals surface area contributed by atoms with Crippen molar-refractivity contribution < 1.29 is 4.79 Å². The zero-order valence-electron chi connectivity index (χ0n) is 11.4. The Morgan fingerprint density at radius 1 is 1.25 bits per heavy atom. The molecule has 20 heavy (non-hydrogen) atoms. The van der Waals surface area contributed by atoms with Crippen molar-refractivity contribution in [2.45, 2.75) is 37.8 Å². The molecule has 3 heterocycles. The van der Waals surface area contributed by atoms with E-state index in [4.69, 9.17) is 0 Å². The third-order valence-electron chi connectivity index (χ3n) is 4.82. The fraction of sp³-hybridized carbons (Fsp3) is 0.412. The Bertz CT molecular complexity index is 662. The van der Waals surface area contributed by atoms with Gasteiger partial charge in [0.25, 0.3) is 0 Å². The summed E-state index contributed by atoms with van der Waals surface area (Å²) in [7, 11) is 0. The summed E-state index contributed by atoms with van der Waals surface area (Å²) in [4.78, 5) is 16.9. The van der Waals surface area contributed by atoms with Gasteiger partial charge in [-0.15, -0.1) is 0 Å². The molecular formula is C17H18N2O. The van der Waals surface area contributed by atoms with Gasteiger partial charge in [-0.25, -0.2) is 0 Å². The molecule has 2 aliphatic rings. The third-order valence-corrected chi connectivity index (χ3v) is 4.82. The highest BCUT2D eigenvalue weighted by Crippen LogP contribution is 2.34. The number of fused-ring (bicyclic) bond motifs is 3. The van der Waals surface area contributed by atoms with E-state index in [9.17, 15) is 4.79 Å². The van der Waals surface area contributed by atoms with Crippen molar-refractivity contribution in [1.82, 2.24) is 10.3 Å². The quantitative estimate of drug-likeness (QED) is 0.928. The molecule has 2 bridgehead atoms. The number of Topliss-reactive ketones (excluding diaryl/α,β-unsaturated/α-hetero) is 1. The van der Waals surface area contributed by atoms with E-state index in [1.54, 1.807) is 0 Å². The summed E-state index contributed by atoms with van der Waals surface area (Å²) in [6.07, 6.45) is 5.79. The molecule has 1 aromatic carbocycles. The summed E-state index contributed by atoms with van der Waals surface area (Å²) in [6.45, 7) is 0. The first kappa shape index (κ1) is 12.0. The summed E-state index contributed by atoms with van der Waals surface area (Å²) >= 11 is 0. The van der Waals surface area contributed by atoms with E-state index < -0.39 is 0 Å². The molecule has 2 aromatic rings. The molecule has 2 aliphatic heterocycles. The molecule has 3 unspecified atom stereocenters. The van der Waals surface area contributed by atoms with Gasteiger partial charge < -0.3 is 5.32 Å².